The molecule has 2 rings (SSSR count). The molecular weight excluding hydrogens is 295 g/mol. The SMILES string of the molecule is O=P(O)(O)Oc1cc(O)ccc1CCc1cccc(O)c1. The Kier molecular flexibility index (Phi) is 4.53. The minimum Gasteiger partial charge on any atom is -0.508 e. The maximum atomic E-state index is 10.9. The number of rotatable bonds is 5. The first-order valence-corrected chi connectivity index (χ1v) is 7.71. The van der Waals surface area contributed by atoms with Gasteiger partial charge >= 0.3 is 7.82 Å². The number of hydrogen-bond donors (Lipinski definition) is 4. The number of aromatic hydroxyl groups is 2. The Balaban J connectivity index is 2.17. The minimum atomic E-state index is -4.69. The summed E-state index contributed by atoms with van der Waals surface area (Å²) >= 11 is 0. The van der Waals surface area contributed by atoms with Crippen LogP contribution in [0.4, 0.5) is 0 Å². The summed E-state index contributed by atoms with van der Waals surface area (Å²) in [7, 11) is -4.69. The van der Waals surface area contributed by atoms with E-state index >= 15 is 0 Å². The van der Waals surface area contributed by atoms with E-state index in [1.165, 1.54) is 6.07 Å². The maximum absolute atomic E-state index is 10.9. The van der Waals surface area contributed by atoms with E-state index in [9.17, 15) is 14.8 Å². The highest BCUT2D eigenvalue weighted by Gasteiger charge is 2.18. The van der Waals surface area contributed by atoms with Gasteiger partial charge in [-0.05, 0) is 42.2 Å². The van der Waals surface area contributed by atoms with Crippen molar-refractivity contribution in [2.75, 3.05) is 0 Å². The van der Waals surface area contributed by atoms with Crippen molar-refractivity contribution in [3.63, 3.8) is 0 Å². The van der Waals surface area contributed by atoms with Crippen LogP contribution in [0.1, 0.15) is 11.1 Å². The molecule has 0 saturated heterocycles. The first kappa shape index (κ1) is 15.4. The van der Waals surface area contributed by atoms with Crippen LogP contribution in [0.25, 0.3) is 0 Å². The zero-order valence-corrected chi connectivity index (χ0v) is 11.9. The Morgan fingerprint density at radius 1 is 0.952 bits per heavy atom. The highest BCUT2D eigenvalue weighted by atomic mass is 31.2. The summed E-state index contributed by atoms with van der Waals surface area (Å²) < 4.78 is 15.5. The predicted molar refractivity (Wildman–Crippen MR) is 76.3 cm³/mol. The molecular formula is C14H15O6P. The summed E-state index contributed by atoms with van der Waals surface area (Å²) in [5.41, 5.74) is 1.43. The van der Waals surface area contributed by atoms with Gasteiger partial charge in [0.2, 0.25) is 0 Å². The molecule has 0 bridgehead atoms. The van der Waals surface area contributed by atoms with E-state index in [0.717, 1.165) is 11.6 Å². The fourth-order valence-corrected chi connectivity index (χ4v) is 2.38. The number of phenols is 2. The van der Waals surface area contributed by atoms with Crippen molar-refractivity contribution >= 4 is 7.82 Å². The monoisotopic (exact) mass is 310 g/mol. The summed E-state index contributed by atoms with van der Waals surface area (Å²) in [5.74, 6) is -0.0343. The molecule has 0 aromatic heterocycles. The maximum Gasteiger partial charge on any atom is 0.524 e. The van der Waals surface area contributed by atoms with Gasteiger partial charge in [0, 0.05) is 6.07 Å². The second-order valence-corrected chi connectivity index (χ2v) is 5.71. The highest BCUT2D eigenvalue weighted by Crippen LogP contribution is 2.40. The molecule has 0 amide bonds. The van der Waals surface area contributed by atoms with Gasteiger partial charge in [-0.3, -0.25) is 9.79 Å². The first-order valence-electron chi connectivity index (χ1n) is 6.18. The minimum absolute atomic E-state index is 0.0523. The molecule has 0 spiro atoms. The average Bonchev–Trinajstić information content (AvgIpc) is 2.36. The van der Waals surface area contributed by atoms with Gasteiger partial charge in [-0.2, -0.15) is 0 Å². The van der Waals surface area contributed by atoms with Crippen molar-refractivity contribution in [3.05, 3.63) is 53.6 Å². The molecule has 0 unspecified atom stereocenters. The van der Waals surface area contributed by atoms with E-state index in [0.29, 0.717) is 18.4 Å². The second-order valence-electron chi connectivity index (χ2n) is 4.54. The van der Waals surface area contributed by atoms with E-state index in [-0.39, 0.29) is 17.2 Å². The molecule has 4 N–H and O–H groups in total. The van der Waals surface area contributed by atoms with Gasteiger partial charge in [0.15, 0.2) is 0 Å². The van der Waals surface area contributed by atoms with E-state index in [4.69, 9.17) is 9.79 Å². The largest absolute Gasteiger partial charge is 0.524 e. The van der Waals surface area contributed by atoms with E-state index in [1.807, 2.05) is 6.07 Å². The molecule has 0 atom stereocenters. The van der Waals surface area contributed by atoms with Gasteiger partial charge in [0.1, 0.15) is 17.2 Å². The Bertz CT molecular complexity index is 679. The number of hydrogen-bond acceptors (Lipinski definition) is 4. The second kappa shape index (κ2) is 6.18. The van der Waals surface area contributed by atoms with Gasteiger partial charge < -0.3 is 14.7 Å². The molecule has 0 saturated carbocycles. The lowest BCUT2D eigenvalue weighted by molar-refractivity contribution is 0.282. The third-order valence-corrected chi connectivity index (χ3v) is 3.30. The zero-order valence-electron chi connectivity index (χ0n) is 11.0. The lowest BCUT2D eigenvalue weighted by atomic mass is 10.0. The molecule has 21 heavy (non-hydrogen) atoms. The lowest BCUT2D eigenvalue weighted by Crippen LogP contribution is -1.97. The van der Waals surface area contributed by atoms with Crippen molar-refractivity contribution in [2.24, 2.45) is 0 Å². The van der Waals surface area contributed by atoms with Crippen molar-refractivity contribution in [3.8, 4) is 17.2 Å². The number of benzene rings is 2. The highest BCUT2D eigenvalue weighted by molar-refractivity contribution is 7.46. The number of aryl methyl sites for hydroxylation is 2. The van der Waals surface area contributed by atoms with Crippen LogP contribution in [-0.2, 0) is 17.4 Å². The summed E-state index contributed by atoms with van der Waals surface area (Å²) in [6.07, 6.45) is 0.996. The van der Waals surface area contributed by atoms with Gasteiger partial charge in [0.05, 0.1) is 0 Å². The van der Waals surface area contributed by atoms with Gasteiger partial charge in [-0.15, -0.1) is 0 Å². The topological polar surface area (TPSA) is 107 Å². The van der Waals surface area contributed by atoms with Crippen molar-refractivity contribution in [1.29, 1.82) is 0 Å². The molecule has 2 aromatic carbocycles. The quantitative estimate of drug-likeness (QED) is 0.632. The molecule has 0 aliphatic heterocycles. The van der Waals surface area contributed by atoms with Gasteiger partial charge in [0.25, 0.3) is 0 Å². The summed E-state index contributed by atoms with van der Waals surface area (Å²) in [4.78, 5) is 17.8. The molecule has 6 nitrogen and oxygen atoms in total. The summed E-state index contributed by atoms with van der Waals surface area (Å²) in [5, 5.41) is 18.8. The number of phenolic OH excluding ortho intramolecular Hbond substituents is 2. The smallest absolute Gasteiger partial charge is 0.508 e. The van der Waals surface area contributed by atoms with Gasteiger partial charge in [-0.1, -0.05) is 18.2 Å². The summed E-state index contributed by atoms with van der Waals surface area (Å²) in [6, 6.07) is 10.9. The molecule has 112 valence electrons. The number of phosphoric acid groups is 1. The van der Waals surface area contributed by atoms with Crippen LogP contribution in [0.3, 0.4) is 0 Å². The third kappa shape index (κ3) is 4.79. The van der Waals surface area contributed by atoms with Crippen LogP contribution >= 0.6 is 7.82 Å². The van der Waals surface area contributed by atoms with Crippen LogP contribution < -0.4 is 4.52 Å². The number of phosphoric ester groups is 1. The Labute approximate surface area is 121 Å². The van der Waals surface area contributed by atoms with E-state index in [2.05, 4.69) is 4.52 Å². The van der Waals surface area contributed by atoms with Crippen molar-refractivity contribution in [1.82, 2.24) is 0 Å². The average molecular weight is 310 g/mol. The van der Waals surface area contributed by atoms with Crippen LogP contribution in [-0.4, -0.2) is 20.0 Å². The molecule has 2 aromatic rings. The fraction of sp³-hybridized carbons (Fsp3) is 0.143. The Morgan fingerprint density at radius 2 is 1.67 bits per heavy atom. The normalized spacial score (nSPS) is 11.3. The Morgan fingerprint density at radius 3 is 2.33 bits per heavy atom. The van der Waals surface area contributed by atoms with E-state index in [1.54, 1.807) is 24.3 Å². The molecule has 0 fully saturated rings. The van der Waals surface area contributed by atoms with Crippen LogP contribution in [0.15, 0.2) is 42.5 Å². The van der Waals surface area contributed by atoms with Crippen molar-refractivity contribution < 1.29 is 29.1 Å². The third-order valence-electron chi connectivity index (χ3n) is 2.86. The molecule has 0 aliphatic rings. The Hall–Kier alpha value is -2.01. The van der Waals surface area contributed by atoms with Crippen LogP contribution in [0, 0.1) is 0 Å². The molecule has 0 aliphatic carbocycles. The van der Waals surface area contributed by atoms with Gasteiger partial charge in [-0.25, -0.2) is 4.57 Å². The van der Waals surface area contributed by atoms with Crippen LogP contribution in [0.5, 0.6) is 17.2 Å². The standard InChI is InChI=1S/C14H15O6P/c15-12-3-1-2-10(8-12)4-5-11-6-7-13(16)9-14(11)20-21(17,18)19/h1-3,6-9,15-16H,4-5H2,(H2,17,18,19). The zero-order chi connectivity index (χ0) is 15.5. The molecule has 0 radical (unpaired) electrons. The fourth-order valence-electron chi connectivity index (χ4n) is 1.95. The van der Waals surface area contributed by atoms with Crippen molar-refractivity contribution in [2.45, 2.75) is 12.8 Å². The predicted octanol–water partition coefficient (Wildman–Crippen LogP) is 2.35. The summed E-state index contributed by atoms with van der Waals surface area (Å²) in [6.45, 7) is 0. The van der Waals surface area contributed by atoms with Crippen LogP contribution in [0.2, 0.25) is 0 Å². The lowest BCUT2D eigenvalue weighted by Gasteiger charge is -2.12. The van der Waals surface area contributed by atoms with E-state index < -0.39 is 7.82 Å². The molecule has 7 heteroatoms. The molecule has 0 heterocycles. The first-order chi connectivity index (χ1) is 9.83.